The van der Waals surface area contributed by atoms with Crippen molar-refractivity contribution in [3.05, 3.63) is 41.0 Å². The van der Waals surface area contributed by atoms with Gasteiger partial charge >= 0.3 is 0 Å². The number of rotatable bonds is 13. The summed E-state index contributed by atoms with van der Waals surface area (Å²) in [6, 6.07) is 6.20. The average Bonchev–Trinajstić information content (AvgIpc) is 3.52. The number of amides is 3. The second-order valence-corrected chi connectivity index (χ2v) is 12.3. The van der Waals surface area contributed by atoms with Crippen molar-refractivity contribution in [2.45, 2.75) is 65.3 Å². The first-order chi connectivity index (χ1) is 19.0. The number of likely N-dealkylation sites (tertiary alicyclic amines) is 1. The Balaban J connectivity index is 1.59. The third-order valence-corrected chi connectivity index (χ3v) is 8.05. The molecule has 3 amide bonds. The second-order valence-electron chi connectivity index (χ2n) is 10.8. The van der Waals surface area contributed by atoms with Gasteiger partial charge in [-0.1, -0.05) is 67.6 Å². The predicted molar refractivity (Wildman–Crippen MR) is 162 cm³/mol. The molecule has 1 aromatic carbocycles. The van der Waals surface area contributed by atoms with Crippen LogP contribution in [0, 0.1) is 12.3 Å². The summed E-state index contributed by atoms with van der Waals surface area (Å²) in [7, 11) is 0. The fraction of sp³-hybridized carbons (Fsp3) is 0.571. The van der Waals surface area contributed by atoms with Crippen molar-refractivity contribution >= 4 is 51.6 Å². The number of halogens is 1. The zero-order chi connectivity index (χ0) is 29.3. The lowest BCUT2D eigenvalue weighted by molar-refractivity contribution is -0.144. The van der Waals surface area contributed by atoms with Crippen LogP contribution in [-0.4, -0.2) is 81.9 Å². The number of nitrogens with zero attached hydrogens (tertiary/aromatic N) is 2. The van der Waals surface area contributed by atoms with E-state index in [1.165, 1.54) is 4.90 Å². The maximum absolute atomic E-state index is 13.7. The van der Waals surface area contributed by atoms with Crippen LogP contribution in [0.4, 0.5) is 0 Å². The molecule has 0 radical (unpaired) electrons. The Morgan fingerprint density at radius 3 is 2.50 bits per heavy atom. The van der Waals surface area contributed by atoms with Gasteiger partial charge in [-0.3, -0.25) is 14.4 Å². The lowest BCUT2D eigenvalue weighted by atomic mass is 9.85. The summed E-state index contributed by atoms with van der Waals surface area (Å²) >= 11 is 3.68. The largest absolute Gasteiger partial charge is 0.391 e. The Bertz CT molecular complexity index is 1140. The molecular formula is C28H39IN4O6S. The molecule has 0 bridgehead atoms. The van der Waals surface area contributed by atoms with E-state index in [4.69, 9.17) is 9.47 Å². The van der Waals surface area contributed by atoms with E-state index in [0.29, 0.717) is 17.8 Å². The van der Waals surface area contributed by atoms with E-state index in [1.54, 1.807) is 11.3 Å². The van der Waals surface area contributed by atoms with E-state index in [1.807, 2.05) is 57.5 Å². The molecule has 2 aromatic rings. The molecule has 1 saturated heterocycles. The van der Waals surface area contributed by atoms with E-state index >= 15 is 0 Å². The van der Waals surface area contributed by atoms with Crippen LogP contribution in [0.25, 0.3) is 10.4 Å². The van der Waals surface area contributed by atoms with Crippen LogP contribution in [0.3, 0.4) is 0 Å². The molecule has 40 heavy (non-hydrogen) atoms. The standard InChI is InChI=1S/C28H39IN4O6S/c1-18-24(40-17-31-18)20-7-5-19(6-8-20)14-30-26(36)22-13-21(34)15-33(22)27(37)25(28(2,3)4)32-23(35)9-10-38-11-12-39-16-29/h5-8,17,21-22,25,34H,9-16H2,1-4H3,(H,30,36)(H,32,35)/t21-,22+,25-/m1/s1. The highest BCUT2D eigenvalue weighted by molar-refractivity contribution is 14.1. The number of carbonyl (C=O) groups excluding carboxylic acids is 3. The lowest BCUT2D eigenvalue weighted by Crippen LogP contribution is -2.57. The molecule has 3 atom stereocenters. The summed E-state index contributed by atoms with van der Waals surface area (Å²) in [6.45, 7) is 8.90. The molecule has 0 spiro atoms. The first-order valence-electron chi connectivity index (χ1n) is 13.3. The van der Waals surface area contributed by atoms with Gasteiger partial charge in [-0.25, -0.2) is 4.98 Å². The fourth-order valence-electron chi connectivity index (χ4n) is 4.45. The molecule has 2 heterocycles. The molecule has 1 aliphatic heterocycles. The maximum Gasteiger partial charge on any atom is 0.246 e. The van der Waals surface area contributed by atoms with Gasteiger partial charge in [0.25, 0.3) is 0 Å². The molecule has 1 aromatic heterocycles. The first-order valence-corrected chi connectivity index (χ1v) is 15.7. The number of ether oxygens (including phenoxy) is 2. The van der Waals surface area contributed by atoms with Crippen LogP contribution < -0.4 is 10.6 Å². The topological polar surface area (TPSA) is 130 Å². The number of carbonyl (C=O) groups is 3. The molecule has 0 unspecified atom stereocenters. The Hall–Kier alpha value is -2.13. The number of hydrogen-bond donors (Lipinski definition) is 3. The van der Waals surface area contributed by atoms with E-state index in [2.05, 4.69) is 38.2 Å². The Kier molecular flexibility index (Phi) is 12.3. The number of β-amino-alcohol motifs (C(OH)–C–C–N with tert-alkyl or cyclic N) is 1. The van der Waals surface area contributed by atoms with Crippen LogP contribution in [-0.2, 0) is 30.4 Å². The Morgan fingerprint density at radius 2 is 1.88 bits per heavy atom. The molecule has 12 heteroatoms. The van der Waals surface area contributed by atoms with Gasteiger partial charge in [-0.05, 0) is 23.5 Å². The normalized spacial score (nSPS) is 18.0. The highest BCUT2D eigenvalue weighted by atomic mass is 127. The second kappa shape index (κ2) is 15.2. The van der Waals surface area contributed by atoms with Crippen molar-refractivity contribution in [3.63, 3.8) is 0 Å². The van der Waals surface area contributed by atoms with E-state index in [0.717, 1.165) is 21.7 Å². The molecule has 1 aliphatic rings. The highest BCUT2D eigenvalue weighted by Gasteiger charge is 2.44. The molecule has 3 rings (SSSR count). The fourth-order valence-corrected chi connectivity index (χ4v) is 5.58. The van der Waals surface area contributed by atoms with Crippen molar-refractivity contribution in [2.75, 3.05) is 31.0 Å². The molecule has 220 valence electrons. The highest BCUT2D eigenvalue weighted by Crippen LogP contribution is 2.28. The third-order valence-electron chi connectivity index (χ3n) is 6.63. The maximum atomic E-state index is 13.7. The predicted octanol–water partition coefficient (Wildman–Crippen LogP) is 3.04. The minimum Gasteiger partial charge on any atom is -0.391 e. The number of alkyl halides is 1. The van der Waals surface area contributed by atoms with E-state index in [-0.39, 0.29) is 44.4 Å². The number of benzene rings is 1. The molecule has 1 fully saturated rings. The molecular weight excluding hydrogens is 647 g/mol. The summed E-state index contributed by atoms with van der Waals surface area (Å²) in [5.74, 6) is -1.05. The van der Waals surface area contributed by atoms with Crippen molar-refractivity contribution in [2.24, 2.45) is 5.41 Å². The van der Waals surface area contributed by atoms with Gasteiger partial charge in [0.05, 0.1) is 46.6 Å². The van der Waals surface area contributed by atoms with Crippen molar-refractivity contribution in [3.8, 4) is 10.4 Å². The van der Waals surface area contributed by atoms with Crippen LogP contribution in [0.15, 0.2) is 29.8 Å². The zero-order valence-corrected chi connectivity index (χ0v) is 26.4. The first kappa shape index (κ1) is 32.4. The van der Waals surface area contributed by atoms with Crippen molar-refractivity contribution in [1.29, 1.82) is 0 Å². The summed E-state index contributed by atoms with van der Waals surface area (Å²) in [5, 5.41) is 16.1. The van der Waals surface area contributed by atoms with E-state index in [9.17, 15) is 19.5 Å². The molecule has 3 N–H and O–H groups in total. The lowest BCUT2D eigenvalue weighted by Gasteiger charge is -2.35. The molecule has 0 aliphatic carbocycles. The third kappa shape index (κ3) is 9.20. The van der Waals surface area contributed by atoms with Gasteiger partial charge < -0.3 is 30.1 Å². The van der Waals surface area contributed by atoms with Gasteiger partial charge in [0.15, 0.2) is 0 Å². The summed E-state index contributed by atoms with van der Waals surface area (Å²) in [6.07, 6.45) is -0.590. The number of hydrogen-bond acceptors (Lipinski definition) is 8. The van der Waals surface area contributed by atoms with E-state index < -0.39 is 29.5 Å². The Morgan fingerprint density at radius 1 is 1.18 bits per heavy atom. The SMILES string of the molecule is Cc1ncsc1-c1ccc(CNC(=O)[C@@H]2C[C@@H](O)CN2C(=O)[C@@H](NC(=O)CCOCCOCI)C(C)(C)C)cc1. The number of aliphatic hydroxyl groups excluding tert-OH is 1. The summed E-state index contributed by atoms with van der Waals surface area (Å²) in [5.41, 5.74) is 4.16. The van der Waals surface area contributed by atoms with Crippen LogP contribution in [0.5, 0.6) is 0 Å². The minimum absolute atomic E-state index is 0.0300. The van der Waals surface area contributed by atoms with Crippen LogP contribution in [0.2, 0.25) is 0 Å². The number of aromatic nitrogens is 1. The van der Waals surface area contributed by atoms with Gasteiger partial charge in [0.1, 0.15) is 12.1 Å². The minimum atomic E-state index is -0.870. The summed E-state index contributed by atoms with van der Waals surface area (Å²) < 4.78 is 11.2. The number of aryl methyl sites for hydroxylation is 1. The van der Waals surface area contributed by atoms with Gasteiger partial charge in [0.2, 0.25) is 17.7 Å². The smallest absolute Gasteiger partial charge is 0.246 e. The number of aliphatic hydroxyl groups is 1. The quantitative estimate of drug-likeness (QED) is 0.168. The van der Waals surface area contributed by atoms with Crippen LogP contribution >= 0.6 is 33.9 Å². The van der Waals surface area contributed by atoms with Crippen molar-refractivity contribution in [1.82, 2.24) is 20.5 Å². The number of thiazole rings is 1. The summed E-state index contributed by atoms with van der Waals surface area (Å²) in [4.78, 5) is 46.3. The van der Waals surface area contributed by atoms with Gasteiger partial charge in [0, 0.05) is 25.9 Å². The average molecular weight is 687 g/mol. The van der Waals surface area contributed by atoms with Crippen LogP contribution in [0.1, 0.15) is 44.9 Å². The zero-order valence-electron chi connectivity index (χ0n) is 23.4. The van der Waals surface area contributed by atoms with Gasteiger partial charge in [-0.15, -0.1) is 11.3 Å². The monoisotopic (exact) mass is 686 g/mol. The van der Waals surface area contributed by atoms with Crippen molar-refractivity contribution < 1.29 is 29.0 Å². The molecule has 10 nitrogen and oxygen atoms in total. The number of nitrogens with one attached hydrogen (secondary N) is 2. The van der Waals surface area contributed by atoms with Gasteiger partial charge in [-0.2, -0.15) is 0 Å². The Labute approximate surface area is 253 Å². The molecule has 0 saturated carbocycles.